The number of benzene rings is 1. The van der Waals surface area contributed by atoms with E-state index in [2.05, 4.69) is 41.8 Å². The van der Waals surface area contributed by atoms with Crippen molar-refractivity contribution in [3.05, 3.63) is 29.3 Å². The highest BCUT2D eigenvalue weighted by Crippen LogP contribution is 2.34. The monoisotopic (exact) mass is 297 g/mol. The predicted molar refractivity (Wildman–Crippen MR) is 88.1 cm³/mol. The van der Waals surface area contributed by atoms with E-state index < -0.39 is 0 Å². The number of aromatic hydroxyl groups is 1. The lowest BCUT2D eigenvalue weighted by molar-refractivity contribution is 0.172. The minimum absolute atomic E-state index is 0.00871. The lowest BCUT2D eigenvalue weighted by Gasteiger charge is -2.31. The van der Waals surface area contributed by atoms with Gasteiger partial charge in [-0.1, -0.05) is 6.07 Å². The molecule has 0 aromatic heterocycles. The lowest BCUT2D eigenvalue weighted by atomic mass is 10.0. The van der Waals surface area contributed by atoms with Gasteiger partial charge in [-0.15, -0.1) is 9.24 Å². The van der Waals surface area contributed by atoms with Gasteiger partial charge in [0.25, 0.3) is 0 Å². The zero-order valence-electron chi connectivity index (χ0n) is 13.0. The number of hydrogen-bond acceptors (Lipinski definition) is 3. The molecule has 0 saturated heterocycles. The van der Waals surface area contributed by atoms with E-state index in [0.717, 1.165) is 24.1 Å². The van der Waals surface area contributed by atoms with Crippen LogP contribution in [0.1, 0.15) is 50.9 Å². The standard InChI is InChI=1S/C16H28NO2P/c1-11(2)17(12(3)4)8-7-16(20)14-9-13(10-18)5-6-15(14)19/h5-6,9,11-12,16,18-19H,7-8,10,20H2,1-4H3. The van der Waals surface area contributed by atoms with Gasteiger partial charge < -0.3 is 10.2 Å². The Morgan fingerprint density at radius 1 is 1.15 bits per heavy atom. The van der Waals surface area contributed by atoms with E-state index >= 15 is 0 Å². The van der Waals surface area contributed by atoms with Crippen LogP contribution in [0.25, 0.3) is 0 Å². The Morgan fingerprint density at radius 2 is 1.75 bits per heavy atom. The summed E-state index contributed by atoms with van der Waals surface area (Å²) in [5.41, 5.74) is 1.94. The summed E-state index contributed by atoms with van der Waals surface area (Å²) in [5.74, 6) is 0.308. The molecular weight excluding hydrogens is 269 g/mol. The molecule has 0 aliphatic heterocycles. The second kappa shape index (κ2) is 7.97. The summed E-state index contributed by atoms with van der Waals surface area (Å²) < 4.78 is 0. The third-order valence-corrected chi connectivity index (χ3v) is 4.39. The number of nitrogens with zero attached hydrogens (tertiary/aromatic N) is 1. The fraction of sp³-hybridized carbons (Fsp3) is 0.625. The van der Waals surface area contributed by atoms with Crippen LogP contribution >= 0.6 is 9.24 Å². The molecule has 0 heterocycles. The van der Waals surface area contributed by atoms with E-state index in [1.807, 2.05) is 6.07 Å². The maximum absolute atomic E-state index is 9.98. The Bertz CT molecular complexity index is 413. The highest BCUT2D eigenvalue weighted by molar-refractivity contribution is 7.17. The van der Waals surface area contributed by atoms with Crippen molar-refractivity contribution in [2.75, 3.05) is 6.54 Å². The van der Waals surface area contributed by atoms with Gasteiger partial charge in [0, 0.05) is 23.3 Å². The van der Waals surface area contributed by atoms with Crippen molar-refractivity contribution in [2.45, 2.75) is 58.5 Å². The molecule has 1 aromatic rings. The summed E-state index contributed by atoms with van der Waals surface area (Å²) >= 11 is 0. The van der Waals surface area contributed by atoms with Gasteiger partial charge in [0.05, 0.1) is 6.61 Å². The SMILES string of the molecule is CC(C)N(CCC(P)c1cc(CO)ccc1O)C(C)C. The highest BCUT2D eigenvalue weighted by atomic mass is 31.0. The molecule has 2 atom stereocenters. The van der Waals surface area contributed by atoms with Crippen molar-refractivity contribution in [3.63, 3.8) is 0 Å². The first-order valence-electron chi connectivity index (χ1n) is 7.30. The van der Waals surface area contributed by atoms with E-state index in [9.17, 15) is 10.2 Å². The average Bonchev–Trinajstić information content (AvgIpc) is 2.38. The van der Waals surface area contributed by atoms with Gasteiger partial charge in [0.1, 0.15) is 5.75 Å². The Balaban J connectivity index is 2.73. The second-order valence-electron chi connectivity index (χ2n) is 5.87. The van der Waals surface area contributed by atoms with Crippen LogP contribution in [-0.4, -0.2) is 33.7 Å². The molecule has 20 heavy (non-hydrogen) atoms. The molecule has 0 spiro atoms. The van der Waals surface area contributed by atoms with Crippen LogP contribution in [0, 0.1) is 0 Å². The molecule has 0 saturated carbocycles. The molecule has 0 aliphatic rings. The van der Waals surface area contributed by atoms with Crippen LogP contribution in [0.4, 0.5) is 0 Å². The Morgan fingerprint density at radius 3 is 2.25 bits per heavy atom. The quantitative estimate of drug-likeness (QED) is 0.759. The zero-order chi connectivity index (χ0) is 15.3. The van der Waals surface area contributed by atoms with Crippen LogP contribution in [0.2, 0.25) is 0 Å². The minimum Gasteiger partial charge on any atom is -0.508 e. The number of phenolic OH excluding ortho intramolecular Hbond substituents is 1. The van der Waals surface area contributed by atoms with E-state index in [0.29, 0.717) is 17.8 Å². The summed E-state index contributed by atoms with van der Waals surface area (Å²) in [6, 6.07) is 6.35. The van der Waals surface area contributed by atoms with Gasteiger partial charge in [-0.25, -0.2) is 0 Å². The van der Waals surface area contributed by atoms with Gasteiger partial charge in [-0.3, -0.25) is 4.90 Å². The predicted octanol–water partition coefficient (Wildman–Crippen LogP) is 3.31. The van der Waals surface area contributed by atoms with Crippen molar-refractivity contribution >= 4 is 9.24 Å². The lowest BCUT2D eigenvalue weighted by Crippen LogP contribution is -2.38. The summed E-state index contributed by atoms with van der Waals surface area (Å²) in [4.78, 5) is 2.45. The van der Waals surface area contributed by atoms with E-state index in [1.165, 1.54) is 0 Å². The molecule has 2 N–H and O–H groups in total. The number of aliphatic hydroxyl groups excluding tert-OH is 1. The Labute approximate surface area is 125 Å². The molecular formula is C16H28NO2P. The van der Waals surface area contributed by atoms with Gasteiger partial charge in [0.15, 0.2) is 0 Å². The Kier molecular flexibility index (Phi) is 6.94. The molecule has 3 nitrogen and oxygen atoms in total. The number of rotatable bonds is 7. The fourth-order valence-corrected chi connectivity index (χ4v) is 2.97. The molecule has 0 fully saturated rings. The number of hydrogen-bond donors (Lipinski definition) is 2. The highest BCUT2D eigenvalue weighted by Gasteiger charge is 2.17. The molecule has 1 rings (SSSR count). The maximum atomic E-state index is 9.98. The minimum atomic E-state index is 0.00871. The van der Waals surface area contributed by atoms with Crippen molar-refractivity contribution in [3.8, 4) is 5.75 Å². The van der Waals surface area contributed by atoms with Crippen LogP contribution in [0.3, 0.4) is 0 Å². The Hall–Kier alpha value is -0.630. The normalized spacial score (nSPS) is 13.4. The first-order valence-corrected chi connectivity index (χ1v) is 7.97. The van der Waals surface area contributed by atoms with Gasteiger partial charge in [0.2, 0.25) is 0 Å². The van der Waals surface area contributed by atoms with Gasteiger partial charge >= 0.3 is 0 Å². The molecule has 4 heteroatoms. The van der Waals surface area contributed by atoms with E-state index in [-0.39, 0.29) is 12.3 Å². The van der Waals surface area contributed by atoms with Crippen LogP contribution in [0.5, 0.6) is 5.75 Å². The average molecular weight is 297 g/mol. The summed E-state index contributed by atoms with van der Waals surface area (Å²) in [7, 11) is 2.81. The summed E-state index contributed by atoms with van der Waals surface area (Å²) in [5, 5.41) is 19.2. The molecule has 0 aliphatic carbocycles. The number of aliphatic hydroxyl groups is 1. The largest absolute Gasteiger partial charge is 0.508 e. The van der Waals surface area contributed by atoms with E-state index in [1.54, 1.807) is 12.1 Å². The topological polar surface area (TPSA) is 43.7 Å². The smallest absolute Gasteiger partial charge is 0.119 e. The van der Waals surface area contributed by atoms with Crippen molar-refractivity contribution in [1.82, 2.24) is 4.90 Å². The van der Waals surface area contributed by atoms with E-state index in [4.69, 9.17) is 0 Å². The van der Waals surface area contributed by atoms with Crippen molar-refractivity contribution < 1.29 is 10.2 Å². The molecule has 114 valence electrons. The molecule has 0 bridgehead atoms. The van der Waals surface area contributed by atoms with Gasteiger partial charge in [-0.05, 0) is 58.4 Å². The molecule has 1 aromatic carbocycles. The first-order chi connectivity index (χ1) is 9.36. The van der Waals surface area contributed by atoms with Crippen LogP contribution < -0.4 is 0 Å². The molecule has 0 radical (unpaired) electrons. The molecule has 2 unspecified atom stereocenters. The second-order valence-corrected chi connectivity index (χ2v) is 6.68. The van der Waals surface area contributed by atoms with Crippen LogP contribution in [0.15, 0.2) is 18.2 Å². The zero-order valence-corrected chi connectivity index (χ0v) is 14.2. The van der Waals surface area contributed by atoms with Gasteiger partial charge in [-0.2, -0.15) is 0 Å². The third-order valence-electron chi connectivity index (χ3n) is 3.70. The van der Waals surface area contributed by atoms with Crippen molar-refractivity contribution in [2.24, 2.45) is 0 Å². The maximum Gasteiger partial charge on any atom is 0.119 e. The summed E-state index contributed by atoms with van der Waals surface area (Å²) in [6.45, 7) is 9.84. The molecule has 0 amide bonds. The fourth-order valence-electron chi connectivity index (χ4n) is 2.56. The van der Waals surface area contributed by atoms with Crippen LogP contribution in [-0.2, 0) is 6.61 Å². The third kappa shape index (κ3) is 4.73. The van der Waals surface area contributed by atoms with Crippen molar-refractivity contribution in [1.29, 1.82) is 0 Å². The number of phenols is 1. The summed E-state index contributed by atoms with van der Waals surface area (Å²) in [6.07, 6.45) is 0.962. The first kappa shape index (κ1) is 17.4.